The van der Waals surface area contributed by atoms with E-state index in [-0.39, 0.29) is 5.92 Å². The molecular weight excluding hydrogens is 516 g/mol. The molecule has 0 amide bonds. The SMILES string of the molecule is CC12Oc3ccccc3C1C=CCC=C2Nc1cc(Nc2cccc3c2oc2ccccc23)cc(-c2ccccc2)c1. The van der Waals surface area contributed by atoms with Gasteiger partial charge in [0.1, 0.15) is 11.3 Å². The van der Waals surface area contributed by atoms with Crippen LogP contribution in [-0.2, 0) is 0 Å². The van der Waals surface area contributed by atoms with Crippen LogP contribution in [0.3, 0.4) is 0 Å². The van der Waals surface area contributed by atoms with E-state index in [1.165, 1.54) is 5.56 Å². The minimum atomic E-state index is -0.535. The third-order valence-corrected chi connectivity index (χ3v) is 8.49. The summed E-state index contributed by atoms with van der Waals surface area (Å²) in [5.74, 6) is 1.08. The first-order valence-electron chi connectivity index (χ1n) is 14.5. The molecule has 2 aliphatic rings. The zero-order valence-electron chi connectivity index (χ0n) is 23.3. The number of ether oxygens (including phenoxy) is 1. The molecule has 2 heterocycles. The van der Waals surface area contributed by atoms with Crippen LogP contribution in [0.1, 0.15) is 24.8 Å². The van der Waals surface area contributed by atoms with Crippen molar-refractivity contribution in [2.45, 2.75) is 24.9 Å². The Morgan fingerprint density at radius 1 is 0.714 bits per heavy atom. The highest BCUT2D eigenvalue weighted by Crippen LogP contribution is 2.50. The Morgan fingerprint density at radius 3 is 2.38 bits per heavy atom. The highest BCUT2D eigenvalue weighted by Gasteiger charge is 2.47. The first kappa shape index (κ1) is 24.6. The Hall–Kier alpha value is -5.22. The zero-order chi connectivity index (χ0) is 28.1. The predicted molar refractivity (Wildman–Crippen MR) is 173 cm³/mol. The summed E-state index contributed by atoms with van der Waals surface area (Å²) in [6.45, 7) is 2.19. The lowest BCUT2D eigenvalue weighted by Gasteiger charge is -2.32. The minimum Gasteiger partial charge on any atom is -0.480 e. The van der Waals surface area contributed by atoms with Gasteiger partial charge in [-0.25, -0.2) is 0 Å². The number of benzene rings is 5. The van der Waals surface area contributed by atoms with E-state index in [4.69, 9.17) is 9.15 Å². The number of allylic oxidation sites excluding steroid dienone is 2. The highest BCUT2D eigenvalue weighted by molar-refractivity contribution is 6.09. The van der Waals surface area contributed by atoms with Gasteiger partial charge in [0, 0.05) is 27.7 Å². The monoisotopic (exact) mass is 546 g/mol. The number of anilines is 3. The number of rotatable bonds is 5. The maximum Gasteiger partial charge on any atom is 0.158 e. The molecule has 204 valence electrons. The van der Waals surface area contributed by atoms with E-state index in [1.807, 2.05) is 30.3 Å². The van der Waals surface area contributed by atoms with Crippen molar-refractivity contribution in [2.24, 2.45) is 0 Å². The summed E-state index contributed by atoms with van der Waals surface area (Å²) in [5, 5.41) is 9.69. The summed E-state index contributed by atoms with van der Waals surface area (Å²) in [4.78, 5) is 0. The van der Waals surface area contributed by atoms with Crippen LogP contribution in [0.2, 0.25) is 0 Å². The van der Waals surface area contributed by atoms with E-state index in [9.17, 15) is 0 Å². The van der Waals surface area contributed by atoms with Gasteiger partial charge in [0.25, 0.3) is 0 Å². The van der Waals surface area contributed by atoms with Gasteiger partial charge < -0.3 is 19.8 Å². The Labute approximate surface area is 245 Å². The van der Waals surface area contributed by atoms with E-state index in [0.717, 1.165) is 68.0 Å². The summed E-state index contributed by atoms with van der Waals surface area (Å²) in [6.07, 6.45) is 7.63. The molecule has 0 radical (unpaired) electrons. The van der Waals surface area contributed by atoms with E-state index in [2.05, 4.69) is 121 Å². The topological polar surface area (TPSA) is 46.4 Å². The van der Waals surface area contributed by atoms with Gasteiger partial charge in [0.05, 0.1) is 17.3 Å². The molecule has 0 saturated carbocycles. The first-order chi connectivity index (χ1) is 20.7. The van der Waals surface area contributed by atoms with Crippen LogP contribution >= 0.6 is 0 Å². The summed E-state index contributed by atoms with van der Waals surface area (Å²) in [5.41, 5.74) is 8.64. The lowest BCUT2D eigenvalue weighted by Crippen LogP contribution is -2.38. The van der Waals surface area contributed by atoms with Gasteiger partial charge in [0.15, 0.2) is 11.2 Å². The molecule has 2 unspecified atom stereocenters. The summed E-state index contributed by atoms with van der Waals surface area (Å²) in [7, 11) is 0. The number of hydrogen-bond acceptors (Lipinski definition) is 4. The minimum absolute atomic E-state index is 0.135. The van der Waals surface area contributed by atoms with E-state index in [1.54, 1.807) is 0 Å². The molecule has 5 aromatic carbocycles. The Balaban J connectivity index is 1.20. The quantitative estimate of drug-likeness (QED) is 0.211. The number of para-hydroxylation sites is 3. The second-order valence-electron chi connectivity index (χ2n) is 11.2. The molecule has 0 saturated heterocycles. The average molecular weight is 547 g/mol. The molecule has 0 fully saturated rings. The number of furan rings is 1. The van der Waals surface area contributed by atoms with Gasteiger partial charge in [-0.3, -0.25) is 0 Å². The van der Waals surface area contributed by atoms with Crippen LogP contribution in [-0.4, -0.2) is 5.60 Å². The van der Waals surface area contributed by atoms with Crippen molar-refractivity contribution in [1.29, 1.82) is 0 Å². The average Bonchev–Trinajstić information content (AvgIpc) is 3.50. The number of nitrogens with one attached hydrogen (secondary N) is 2. The normalized spacial score (nSPS) is 19.1. The molecule has 8 rings (SSSR count). The predicted octanol–water partition coefficient (Wildman–Crippen LogP) is 10.2. The Morgan fingerprint density at radius 2 is 1.48 bits per heavy atom. The highest BCUT2D eigenvalue weighted by atomic mass is 16.5. The Kier molecular flexibility index (Phi) is 5.68. The first-order valence-corrected chi connectivity index (χ1v) is 14.5. The van der Waals surface area contributed by atoms with Crippen LogP contribution in [0, 0.1) is 0 Å². The van der Waals surface area contributed by atoms with Crippen molar-refractivity contribution in [2.75, 3.05) is 10.6 Å². The van der Waals surface area contributed by atoms with Crippen LogP contribution in [0.4, 0.5) is 17.1 Å². The van der Waals surface area contributed by atoms with Gasteiger partial charge in [-0.1, -0.05) is 97.1 Å². The molecule has 6 aromatic rings. The van der Waals surface area contributed by atoms with Crippen LogP contribution in [0.25, 0.3) is 33.1 Å². The van der Waals surface area contributed by atoms with Crippen LogP contribution in [0.15, 0.2) is 144 Å². The van der Waals surface area contributed by atoms with Crippen molar-refractivity contribution >= 4 is 39.0 Å². The second kappa shape index (κ2) is 9.71. The maximum atomic E-state index is 6.67. The van der Waals surface area contributed by atoms with Gasteiger partial charge in [-0.15, -0.1) is 0 Å². The maximum absolute atomic E-state index is 6.67. The molecule has 0 bridgehead atoms. The molecule has 42 heavy (non-hydrogen) atoms. The fourth-order valence-corrected chi connectivity index (χ4v) is 6.43. The Bertz CT molecular complexity index is 2020. The number of fused-ring (bicyclic) bond motifs is 6. The summed E-state index contributed by atoms with van der Waals surface area (Å²) in [6, 6.07) is 39.9. The number of hydrogen-bond donors (Lipinski definition) is 2. The summed E-state index contributed by atoms with van der Waals surface area (Å²) >= 11 is 0. The third-order valence-electron chi connectivity index (χ3n) is 8.49. The molecule has 0 spiro atoms. The van der Waals surface area contributed by atoms with Crippen molar-refractivity contribution < 1.29 is 9.15 Å². The molecule has 1 aliphatic heterocycles. The lowest BCUT2D eigenvalue weighted by atomic mass is 9.83. The van der Waals surface area contributed by atoms with E-state index >= 15 is 0 Å². The molecule has 4 heteroatoms. The fraction of sp³-hybridized carbons (Fsp3) is 0.105. The smallest absolute Gasteiger partial charge is 0.158 e. The standard InChI is InChI=1S/C38H30N2O2/c1-38-32(31-15-6-9-20-35(31)42-38)17-7-10-21-36(38)40-28-23-26(25-12-3-2-4-13-25)22-27(24-28)39-33-18-11-16-30-29-14-5-8-19-34(29)41-37(30)33/h2-9,11-24,32,39-40H,10H2,1H3. The molecular formula is C38H30N2O2. The van der Waals surface area contributed by atoms with Crippen molar-refractivity contribution in [3.63, 3.8) is 0 Å². The zero-order valence-corrected chi connectivity index (χ0v) is 23.3. The summed E-state index contributed by atoms with van der Waals surface area (Å²) < 4.78 is 13.0. The van der Waals surface area contributed by atoms with E-state index < -0.39 is 5.60 Å². The second-order valence-corrected chi connectivity index (χ2v) is 11.2. The fourth-order valence-electron chi connectivity index (χ4n) is 6.43. The molecule has 2 N–H and O–H groups in total. The van der Waals surface area contributed by atoms with Crippen molar-refractivity contribution in [1.82, 2.24) is 0 Å². The van der Waals surface area contributed by atoms with Crippen LogP contribution in [0.5, 0.6) is 5.75 Å². The van der Waals surface area contributed by atoms with Gasteiger partial charge in [0.2, 0.25) is 0 Å². The van der Waals surface area contributed by atoms with Gasteiger partial charge in [-0.2, -0.15) is 0 Å². The van der Waals surface area contributed by atoms with Crippen molar-refractivity contribution in [3.05, 3.63) is 145 Å². The molecule has 1 aromatic heterocycles. The largest absolute Gasteiger partial charge is 0.480 e. The lowest BCUT2D eigenvalue weighted by molar-refractivity contribution is 0.144. The third kappa shape index (κ3) is 4.07. The van der Waals surface area contributed by atoms with E-state index in [0.29, 0.717) is 0 Å². The van der Waals surface area contributed by atoms with Gasteiger partial charge >= 0.3 is 0 Å². The molecule has 4 nitrogen and oxygen atoms in total. The van der Waals surface area contributed by atoms with Gasteiger partial charge in [-0.05, 0) is 60.9 Å². The molecule has 2 atom stereocenters. The molecule has 1 aliphatic carbocycles. The van der Waals surface area contributed by atoms with Crippen LogP contribution < -0.4 is 15.4 Å². The van der Waals surface area contributed by atoms with Crippen molar-refractivity contribution in [3.8, 4) is 16.9 Å².